The monoisotopic (exact) mass is 323 g/mol. The summed E-state index contributed by atoms with van der Waals surface area (Å²) in [6.45, 7) is 2.60. The van der Waals surface area contributed by atoms with E-state index in [0.717, 1.165) is 49.0 Å². The number of anilines is 1. The van der Waals surface area contributed by atoms with Crippen LogP contribution in [0.2, 0.25) is 0 Å². The molecule has 2 heterocycles. The van der Waals surface area contributed by atoms with Crippen LogP contribution in [0.4, 0.5) is 5.69 Å². The van der Waals surface area contributed by atoms with Crippen molar-refractivity contribution in [1.82, 2.24) is 9.55 Å². The highest BCUT2D eigenvalue weighted by molar-refractivity contribution is 5.94. The Balaban J connectivity index is 1.66. The van der Waals surface area contributed by atoms with Crippen LogP contribution < -0.4 is 10.5 Å². The fourth-order valence-corrected chi connectivity index (χ4v) is 3.85. The maximum atomic E-state index is 12.9. The van der Waals surface area contributed by atoms with E-state index in [1.807, 2.05) is 30.0 Å². The van der Waals surface area contributed by atoms with E-state index < -0.39 is 0 Å². The molecule has 1 aromatic heterocycles. The number of hydrogen-bond acceptors (Lipinski definition) is 3. The molecule has 124 valence electrons. The zero-order valence-electron chi connectivity index (χ0n) is 13.9. The quantitative estimate of drug-likeness (QED) is 0.849. The predicted octanol–water partition coefficient (Wildman–Crippen LogP) is 2.02. The number of fused-ring (bicyclic) bond motifs is 2. The molecule has 4 rings (SSSR count). The van der Waals surface area contributed by atoms with Crippen molar-refractivity contribution in [3.63, 3.8) is 0 Å². The molecule has 0 spiro atoms. The Kier molecular flexibility index (Phi) is 3.71. The molecule has 0 atom stereocenters. The predicted molar refractivity (Wildman–Crippen MR) is 92.4 cm³/mol. The average molecular weight is 323 g/mol. The molecule has 5 heteroatoms. The fraction of sp³-hybridized carbons (Fsp3) is 0.421. The number of hydrogen-bond donors (Lipinski definition) is 0. The van der Waals surface area contributed by atoms with Gasteiger partial charge in [0.15, 0.2) is 0 Å². The first kappa shape index (κ1) is 15.1. The summed E-state index contributed by atoms with van der Waals surface area (Å²) >= 11 is 0. The molecule has 5 nitrogen and oxygen atoms in total. The van der Waals surface area contributed by atoms with Crippen LogP contribution in [0.1, 0.15) is 35.5 Å². The van der Waals surface area contributed by atoms with Gasteiger partial charge in [0.1, 0.15) is 12.4 Å². The van der Waals surface area contributed by atoms with Gasteiger partial charge in [-0.25, -0.2) is 4.98 Å². The van der Waals surface area contributed by atoms with Crippen molar-refractivity contribution in [1.29, 1.82) is 0 Å². The second kappa shape index (κ2) is 5.89. The van der Waals surface area contributed by atoms with Gasteiger partial charge in [-0.2, -0.15) is 0 Å². The zero-order chi connectivity index (χ0) is 16.7. The number of para-hydroxylation sites is 1. The second-order valence-corrected chi connectivity index (χ2v) is 6.61. The molecule has 0 saturated heterocycles. The van der Waals surface area contributed by atoms with E-state index in [1.165, 1.54) is 5.56 Å². The second-order valence-electron chi connectivity index (χ2n) is 6.61. The molecule has 0 saturated carbocycles. The van der Waals surface area contributed by atoms with Crippen LogP contribution >= 0.6 is 0 Å². The molecule has 0 fully saturated rings. The van der Waals surface area contributed by atoms with Gasteiger partial charge in [0, 0.05) is 17.8 Å². The van der Waals surface area contributed by atoms with Gasteiger partial charge in [-0.15, -0.1) is 0 Å². The van der Waals surface area contributed by atoms with Crippen molar-refractivity contribution in [3.05, 3.63) is 57.3 Å². The molecule has 1 aromatic carbocycles. The molecule has 2 aromatic rings. The van der Waals surface area contributed by atoms with Crippen LogP contribution in [0.15, 0.2) is 29.1 Å². The van der Waals surface area contributed by atoms with Crippen LogP contribution in [0.25, 0.3) is 0 Å². The SMILES string of the molecule is Cc1nc2c(c(=O)n1CC(=O)N1CCCc3ccccc31)CCC2. The number of nitrogens with zero attached hydrogens (tertiary/aromatic N) is 3. The highest BCUT2D eigenvalue weighted by Crippen LogP contribution is 2.27. The molecule has 0 bridgehead atoms. The fourth-order valence-electron chi connectivity index (χ4n) is 3.85. The van der Waals surface area contributed by atoms with Gasteiger partial charge in [-0.3, -0.25) is 14.2 Å². The first-order valence-electron chi connectivity index (χ1n) is 8.62. The lowest BCUT2D eigenvalue weighted by atomic mass is 10.0. The lowest BCUT2D eigenvalue weighted by Crippen LogP contribution is -2.40. The van der Waals surface area contributed by atoms with E-state index in [0.29, 0.717) is 12.4 Å². The summed E-state index contributed by atoms with van der Waals surface area (Å²) in [6, 6.07) is 8.02. The number of carbonyl (C=O) groups is 1. The molecule has 0 unspecified atom stereocenters. The van der Waals surface area contributed by atoms with Gasteiger partial charge in [-0.1, -0.05) is 18.2 Å². The lowest BCUT2D eigenvalue weighted by Gasteiger charge is -2.29. The Bertz CT molecular complexity index is 869. The van der Waals surface area contributed by atoms with Gasteiger partial charge < -0.3 is 4.90 Å². The number of benzene rings is 1. The first-order valence-corrected chi connectivity index (χ1v) is 8.62. The molecule has 1 aliphatic carbocycles. The summed E-state index contributed by atoms with van der Waals surface area (Å²) in [4.78, 5) is 31.9. The zero-order valence-corrected chi connectivity index (χ0v) is 13.9. The summed E-state index contributed by atoms with van der Waals surface area (Å²) in [7, 11) is 0. The smallest absolute Gasteiger partial charge is 0.257 e. The molecule has 0 N–H and O–H groups in total. The highest BCUT2D eigenvalue weighted by atomic mass is 16.2. The van der Waals surface area contributed by atoms with Gasteiger partial charge in [-0.05, 0) is 50.7 Å². The number of aryl methyl sites for hydroxylation is 3. The third kappa shape index (κ3) is 2.44. The minimum Gasteiger partial charge on any atom is -0.311 e. The van der Waals surface area contributed by atoms with E-state index in [1.54, 1.807) is 4.57 Å². The molecule has 1 amide bonds. The van der Waals surface area contributed by atoms with Crippen molar-refractivity contribution in [2.45, 2.75) is 45.6 Å². The Morgan fingerprint density at radius 3 is 2.88 bits per heavy atom. The minimum absolute atomic E-state index is 0.0337. The first-order chi connectivity index (χ1) is 11.6. The van der Waals surface area contributed by atoms with Crippen LogP contribution in [0.3, 0.4) is 0 Å². The van der Waals surface area contributed by atoms with Crippen LogP contribution in [0, 0.1) is 6.92 Å². The summed E-state index contributed by atoms with van der Waals surface area (Å²) in [5.41, 5.74) is 3.87. The van der Waals surface area contributed by atoms with E-state index in [2.05, 4.69) is 11.1 Å². The largest absolute Gasteiger partial charge is 0.311 e. The molecule has 24 heavy (non-hydrogen) atoms. The van der Waals surface area contributed by atoms with Crippen molar-refractivity contribution in [3.8, 4) is 0 Å². The van der Waals surface area contributed by atoms with Gasteiger partial charge >= 0.3 is 0 Å². The maximum Gasteiger partial charge on any atom is 0.257 e. The standard InChI is InChI=1S/C19H21N3O2/c1-13-20-16-9-4-8-15(16)19(24)22(13)12-18(23)21-11-5-7-14-6-2-3-10-17(14)21/h2-3,6,10H,4-5,7-9,11-12H2,1H3. The van der Waals surface area contributed by atoms with Crippen molar-refractivity contribution in [2.75, 3.05) is 11.4 Å². The molecule has 0 radical (unpaired) electrons. The Labute approximate surface area is 140 Å². The molecule has 1 aliphatic heterocycles. The normalized spacial score (nSPS) is 16.0. The number of aromatic nitrogens is 2. The number of rotatable bonds is 2. The van der Waals surface area contributed by atoms with Gasteiger partial charge in [0.2, 0.25) is 5.91 Å². The third-order valence-electron chi connectivity index (χ3n) is 5.08. The Hall–Kier alpha value is -2.43. The van der Waals surface area contributed by atoms with Gasteiger partial charge in [0.25, 0.3) is 5.56 Å². The van der Waals surface area contributed by atoms with Crippen LogP contribution in [0.5, 0.6) is 0 Å². The Morgan fingerprint density at radius 1 is 1.17 bits per heavy atom. The summed E-state index contributed by atoms with van der Waals surface area (Å²) < 4.78 is 1.55. The highest BCUT2D eigenvalue weighted by Gasteiger charge is 2.25. The summed E-state index contributed by atoms with van der Waals surface area (Å²) in [6.07, 6.45) is 4.59. The molecular formula is C19H21N3O2. The topological polar surface area (TPSA) is 55.2 Å². The summed E-state index contributed by atoms with van der Waals surface area (Å²) in [5.74, 6) is 0.603. The maximum absolute atomic E-state index is 12.9. The van der Waals surface area contributed by atoms with Crippen LogP contribution in [-0.4, -0.2) is 22.0 Å². The van der Waals surface area contributed by atoms with E-state index in [9.17, 15) is 9.59 Å². The molecule has 2 aliphatic rings. The van der Waals surface area contributed by atoms with Crippen molar-refractivity contribution >= 4 is 11.6 Å². The number of amides is 1. The van der Waals surface area contributed by atoms with Crippen molar-refractivity contribution in [2.24, 2.45) is 0 Å². The van der Waals surface area contributed by atoms with E-state index >= 15 is 0 Å². The van der Waals surface area contributed by atoms with Gasteiger partial charge in [0.05, 0.1) is 5.69 Å². The summed E-state index contributed by atoms with van der Waals surface area (Å²) in [5, 5.41) is 0. The minimum atomic E-state index is -0.0351. The van der Waals surface area contributed by atoms with Crippen LogP contribution in [-0.2, 0) is 30.6 Å². The Morgan fingerprint density at radius 2 is 2.00 bits per heavy atom. The average Bonchev–Trinajstić information content (AvgIpc) is 3.06. The van der Waals surface area contributed by atoms with E-state index in [-0.39, 0.29) is 18.0 Å². The third-order valence-corrected chi connectivity index (χ3v) is 5.08. The van der Waals surface area contributed by atoms with Crippen molar-refractivity contribution < 1.29 is 4.79 Å². The number of carbonyl (C=O) groups excluding carboxylic acids is 1. The lowest BCUT2D eigenvalue weighted by molar-refractivity contribution is -0.119. The molecular weight excluding hydrogens is 302 g/mol. The van der Waals surface area contributed by atoms with E-state index in [4.69, 9.17) is 0 Å².